The molecule has 6 aromatic rings. The van der Waals surface area contributed by atoms with Gasteiger partial charge in [-0.25, -0.2) is 0 Å². The summed E-state index contributed by atoms with van der Waals surface area (Å²) in [4.78, 5) is 13.6. The second kappa shape index (κ2) is 16.7. The lowest BCUT2D eigenvalue weighted by Crippen LogP contribution is -2.08. The fraction of sp³-hybridized carbons (Fsp3) is 0.140. The zero-order chi connectivity index (χ0) is 32.8. The predicted octanol–water partition coefficient (Wildman–Crippen LogP) is 9.36. The normalized spacial score (nSPS) is 10.7. The molecule has 0 aliphatic rings. The van der Waals surface area contributed by atoms with Gasteiger partial charge in [-0.3, -0.25) is 4.79 Å². The molecule has 0 heterocycles. The van der Waals surface area contributed by atoms with Crippen LogP contribution in [0.5, 0.6) is 23.0 Å². The second-order valence-corrected chi connectivity index (χ2v) is 11.6. The Kier molecular flexibility index (Phi) is 11.2. The molecule has 0 bridgehead atoms. The van der Waals surface area contributed by atoms with Gasteiger partial charge in [0, 0.05) is 25.0 Å². The van der Waals surface area contributed by atoms with Crippen LogP contribution >= 0.6 is 0 Å². The van der Waals surface area contributed by atoms with E-state index in [1.807, 2.05) is 158 Å². The Bertz CT molecular complexity index is 1610. The molecule has 48 heavy (non-hydrogen) atoms. The number of Topliss-reactive ketones (excluding diaryl/α,β-unsaturated/α-hetero) is 1. The average molecular weight is 635 g/mol. The Morgan fingerprint density at radius 3 is 0.833 bits per heavy atom. The highest BCUT2D eigenvalue weighted by Crippen LogP contribution is 2.28. The van der Waals surface area contributed by atoms with Crippen LogP contribution in [0.2, 0.25) is 0 Å². The van der Waals surface area contributed by atoms with Gasteiger partial charge in [-0.05, 0) is 57.6 Å². The molecule has 240 valence electrons. The molecule has 0 fully saturated rings. The number of ketones is 1. The van der Waals surface area contributed by atoms with Crippen molar-refractivity contribution in [1.29, 1.82) is 0 Å². The van der Waals surface area contributed by atoms with Gasteiger partial charge in [0.25, 0.3) is 0 Å². The van der Waals surface area contributed by atoms with Gasteiger partial charge < -0.3 is 18.9 Å². The first-order valence-corrected chi connectivity index (χ1v) is 16.1. The summed E-state index contributed by atoms with van der Waals surface area (Å²) < 4.78 is 24.6. The number of hydrogen-bond acceptors (Lipinski definition) is 5. The quantitative estimate of drug-likeness (QED) is 0.106. The predicted molar refractivity (Wildman–Crippen MR) is 188 cm³/mol. The van der Waals surface area contributed by atoms with Crippen LogP contribution in [-0.2, 0) is 44.1 Å². The van der Waals surface area contributed by atoms with E-state index in [1.54, 1.807) is 0 Å². The first-order valence-electron chi connectivity index (χ1n) is 16.1. The van der Waals surface area contributed by atoms with Crippen molar-refractivity contribution in [2.24, 2.45) is 0 Å². The van der Waals surface area contributed by atoms with Gasteiger partial charge in [-0.1, -0.05) is 121 Å². The largest absolute Gasteiger partial charge is 0.489 e. The zero-order valence-electron chi connectivity index (χ0n) is 26.8. The Hall–Kier alpha value is -5.81. The minimum Gasteiger partial charge on any atom is -0.489 e. The van der Waals surface area contributed by atoms with Gasteiger partial charge in [0.15, 0.2) is 0 Å². The maximum atomic E-state index is 13.6. The molecule has 0 aliphatic heterocycles. The summed E-state index contributed by atoms with van der Waals surface area (Å²) >= 11 is 0. The van der Waals surface area contributed by atoms with Gasteiger partial charge in [0.1, 0.15) is 55.2 Å². The highest BCUT2D eigenvalue weighted by Gasteiger charge is 2.13. The lowest BCUT2D eigenvalue weighted by Gasteiger charge is -2.14. The molecule has 6 rings (SSSR count). The molecular weight excluding hydrogens is 596 g/mol. The SMILES string of the molecule is O=C(Cc1cc(OCc2ccccc2)cc(OCc2ccccc2)c1)Cc1cc(OCc2ccccc2)cc(OCc2ccccc2)c1. The molecule has 0 radical (unpaired) electrons. The van der Waals surface area contributed by atoms with Crippen molar-refractivity contribution in [3.05, 3.63) is 191 Å². The molecule has 0 aliphatic carbocycles. The van der Waals surface area contributed by atoms with Crippen molar-refractivity contribution >= 4 is 5.78 Å². The van der Waals surface area contributed by atoms with Crippen LogP contribution in [0.15, 0.2) is 158 Å². The van der Waals surface area contributed by atoms with E-state index in [-0.39, 0.29) is 18.6 Å². The van der Waals surface area contributed by atoms with Crippen molar-refractivity contribution in [3.8, 4) is 23.0 Å². The van der Waals surface area contributed by atoms with Crippen LogP contribution in [0, 0.1) is 0 Å². The summed E-state index contributed by atoms with van der Waals surface area (Å²) in [5.74, 6) is 2.67. The molecule has 0 saturated heterocycles. The Balaban J connectivity index is 1.17. The minimum atomic E-state index is 0.0541. The van der Waals surface area contributed by atoms with Crippen LogP contribution in [0.4, 0.5) is 0 Å². The van der Waals surface area contributed by atoms with E-state index in [2.05, 4.69) is 0 Å². The number of hydrogen-bond donors (Lipinski definition) is 0. The van der Waals surface area contributed by atoms with Crippen LogP contribution in [0.25, 0.3) is 0 Å². The molecule has 6 aromatic carbocycles. The van der Waals surface area contributed by atoms with Crippen molar-refractivity contribution in [3.63, 3.8) is 0 Å². The lowest BCUT2D eigenvalue weighted by molar-refractivity contribution is -0.117. The van der Waals surface area contributed by atoms with E-state index in [4.69, 9.17) is 18.9 Å². The maximum absolute atomic E-state index is 13.6. The third kappa shape index (κ3) is 10.1. The zero-order valence-corrected chi connectivity index (χ0v) is 26.8. The average Bonchev–Trinajstić information content (AvgIpc) is 3.13. The topological polar surface area (TPSA) is 54.0 Å². The lowest BCUT2D eigenvalue weighted by atomic mass is 10.0. The Labute approximate surface area is 282 Å². The van der Waals surface area contributed by atoms with Crippen molar-refractivity contribution < 1.29 is 23.7 Å². The van der Waals surface area contributed by atoms with Crippen LogP contribution in [0.3, 0.4) is 0 Å². The molecule has 0 amide bonds. The molecule has 5 heteroatoms. The van der Waals surface area contributed by atoms with Crippen molar-refractivity contribution in [1.82, 2.24) is 0 Å². The number of rotatable bonds is 16. The number of carbonyl (C=O) groups excluding carboxylic acids is 1. The molecule has 0 N–H and O–H groups in total. The van der Waals surface area contributed by atoms with E-state index in [9.17, 15) is 4.79 Å². The summed E-state index contributed by atoms with van der Waals surface area (Å²) in [5.41, 5.74) is 5.89. The van der Waals surface area contributed by atoms with Crippen molar-refractivity contribution in [2.45, 2.75) is 39.3 Å². The van der Waals surface area contributed by atoms with Gasteiger partial charge in [0.05, 0.1) is 0 Å². The second-order valence-electron chi connectivity index (χ2n) is 11.6. The summed E-state index contributed by atoms with van der Waals surface area (Å²) in [6.45, 7) is 1.66. The third-order valence-electron chi connectivity index (χ3n) is 7.68. The molecule has 0 spiro atoms. The first kappa shape index (κ1) is 32.1. The standard InChI is InChI=1S/C43H38O5/c44-39(21-37-23-40(45-29-33-13-5-1-6-14-33)27-41(24-37)46-30-34-15-7-2-8-16-34)22-38-25-42(47-31-35-17-9-3-10-18-35)28-43(26-38)48-32-36-19-11-4-12-20-36/h1-20,23-28H,21-22,29-32H2. The molecule has 0 saturated carbocycles. The third-order valence-corrected chi connectivity index (χ3v) is 7.68. The van der Waals surface area contributed by atoms with Crippen LogP contribution in [-0.4, -0.2) is 5.78 Å². The van der Waals surface area contributed by atoms with E-state index in [1.165, 1.54) is 0 Å². The summed E-state index contributed by atoms with van der Waals surface area (Å²) in [6.07, 6.45) is 0.444. The Morgan fingerprint density at radius 1 is 0.333 bits per heavy atom. The molecule has 5 nitrogen and oxygen atoms in total. The summed E-state index contributed by atoms with van der Waals surface area (Å²) in [6, 6.07) is 51.5. The van der Waals surface area contributed by atoms with Crippen LogP contribution < -0.4 is 18.9 Å². The van der Waals surface area contributed by atoms with E-state index in [0.717, 1.165) is 33.4 Å². The minimum absolute atomic E-state index is 0.0541. The number of carbonyl (C=O) groups is 1. The summed E-state index contributed by atoms with van der Waals surface area (Å²) in [5, 5.41) is 0. The van der Waals surface area contributed by atoms with Gasteiger partial charge in [-0.2, -0.15) is 0 Å². The highest BCUT2D eigenvalue weighted by molar-refractivity contribution is 5.83. The van der Waals surface area contributed by atoms with Gasteiger partial charge in [0.2, 0.25) is 0 Å². The molecule has 0 aromatic heterocycles. The van der Waals surface area contributed by atoms with E-state index >= 15 is 0 Å². The van der Waals surface area contributed by atoms with E-state index in [0.29, 0.717) is 49.4 Å². The maximum Gasteiger partial charge on any atom is 0.141 e. The Morgan fingerprint density at radius 2 is 0.583 bits per heavy atom. The fourth-order valence-corrected chi connectivity index (χ4v) is 5.28. The van der Waals surface area contributed by atoms with Gasteiger partial charge in [-0.15, -0.1) is 0 Å². The molecular formula is C43H38O5. The highest BCUT2D eigenvalue weighted by atomic mass is 16.5. The first-order chi connectivity index (χ1) is 23.6. The fourth-order valence-electron chi connectivity index (χ4n) is 5.28. The molecule has 0 atom stereocenters. The van der Waals surface area contributed by atoms with Crippen molar-refractivity contribution in [2.75, 3.05) is 0 Å². The monoisotopic (exact) mass is 634 g/mol. The summed E-state index contributed by atoms with van der Waals surface area (Å²) in [7, 11) is 0. The van der Waals surface area contributed by atoms with Crippen LogP contribution in [0.1, 0.15) is 33.4 Å². The smallest absolute Gasteiger partial charge is 0.141 e. The van der Waals surface area contributed by atoms with E-state index < -0.39 is 0 Å². The van der Waals surface area contributed by atoms with Gasteiger partial charge >= 0.3 is 0 Å². The molecule has 0 unspecified atom stereocenters. The number of ether oxygens (including phenoxy) is 4. The number of benzene rings is 6.